The molecule has 30 heavy (non-hydrogen) atoms. The molecule has 3 aliphatic heterocycles. The molecule has 172 valence electrons. The fourth-order valence-corrected chi connectivity index (χ4v) is 6.81. The normalized spacial score (nSPS) is 50.0. The van der Waals surface area contributed by atoms with Gasteiger partial charge in [0.05, 0.1) is 25.4 Å². The van der Waals surface area contributed by atoms with Crippen LogP contribution in [0.5, 0.6) is 0 Å². The second kappa shape index (κ2) is 10.1. The number of nitrogens with zero attached hydrogens (tertiary/aromatic N) is 1. The maximum absolute atomic E-state index is 14.7. The number of rotatable bonds is 3. The number of halogens is 2. The van der Waals surface area contributed by atoms with Crippen molar-refractivity contribution in [3.8, 4) is 0 Å². The molecule has 0 amide bonds. The Bertz CT molecular complexity index is 761. The van der Waals surface area contributed by atoms with Crippen molar-refractivity contribution in [1.82, 2.24) is 0 Å². The van der Waals surface area contributed by atoms with E-state index in [1.54, 1.807) is 0 Å². The van der Waals surface area contributed by atoms with Gasteiger partial charge in [-0.05, 0) is 37.5 Å². The molecule has 3 fully saturated rings. The first-order chi connectivity index (χ1) is 14.1. The molecular weight excluding hydrogens is 486 g/mol. The number of hydrogen-bond acceptors (Lipinski definition) is 9. The van der Waals surface area contributed by atoms with Gasteiger partial charge in [0.1, 0.15) is 31.0 Å². The summed E-state index contributed by atoms with van der Waals surface area (Å²) < 4.78 is 67.9. The summed E-state index contributed by atoms with van der Waals surface area (Å²) in [5, 5.41) is 0. The minimum absolute atomic E-state index is 0.00299. The molecule has 3 heterocycles. The summed E-state index contributed by atoms with van der Waals surface area (Å²) in [4.78, 5) is 13.5. The van der Waals surface area contributed by atoms with E-state index in [4.69, 9.17) is 62.3 Å². The van der Waals surface area contributed by atoms with Gasteiger partial charge in [0, 0.05) is 0 Å². The first-order valence-electron chi connectivity index (χ1n) is 9.21. The third-order valence-corrected chi connectivity index (χ3v) is 8.71. The molecule has 15 heteroatoms. The van der Waals surface area contributed by atoms with Gasteiger partial charge in [-0.25, -0.2) is 15.4 Å². The fraction of sp³-hybridized carbons (Fsp3) is 0.933. The van der Waals surface area contributed by atoms with Crippen LogP contribution in [0.4, 0.5) is 8.78 Å². The van der Waals surface area contributed by atoms with Gasteiger partial charge in [-0.1, -0.05) is 0 Å². The molecule has 0 aromatic carbocycles. The highest BCUT2D eigenvalue weighted by Gasteiger charge is 2.51. The fourth-order valence-electron chi connectivity index (χ4n) is 3.28. The van der Waals surface area contributed by atoms with Gasteiger partial charge in [-0.2, -0.15) is 0 Å². The predicted octanol–water partition coefficient (Wildman–Crippen LogP) is 2.43. The highest BCUT2D eigenvalue weighted by molar-refractivity contribution is 8.07. The number of hydrogen-bond donors (Lipinski definition) is 1. The zero-order chi connectivity index (χ0) is 22.1. The van der Waals surface area contributed by atoms with Gasteiger partial charge in [0.2, 0.25) is 6.54 Å². The quantitative estimate of drug-likeness (QED) is 0.348. The molecule has 10 atom stereocenters. The van der Waals surface area contributed by atoms with Crippen LogP contribution < -0.4 is 0 Å². The molecule has 0 spiro atoms. The molecule has 0 aliphatic carbocycles. The third-order valence-electron chi connectivity index (χ3n) is 4.79. The number of fused-ring (bicyclic) bond motifs is 2. The van der Waals surface area contributed by atoms with Crippen molar-refractivity contribution in [2.45, 2.75) is 62.8 Å². The van der Waals surface area contributed by atoms with E-state index in [1.165, 1.54) is 13.8 Å². The monoisotopic (exact) mass is 509 g/mol. The minimum atomic E-state index is -3.90. The van der Waals surface area contributed by atoms with Gasteiger partial charge >= 0.3 is 13.4 Å². The topological polar surface area (TPSA) is 89.2 Å². The van der Waals surface area contributed by atoms with E-state index in [1.807, 2.05) is 0 Å². The van der Waals surface area contributed by atoms with Crippen LogP contribution in [0.2, 0.25) is 0 Å². The molecule has 0 saturated carbocycles. The van der Waals surface area contributed by atoms with Crippen LogP contribution >= 0.6 is 13.4 Å². The summed E-state index contributed by atoms with van der Waals surface area (Å²) in [6, 6.07) is 0. The second-order valence-electron chi connectivity index (χ2n) is 7.01. The predicted molar refractivity (Wildman–Crippen MR) is 108 cm³/mol. The maximum Gasteiger partial charge on any atom is 0.327 e. The van der Waals surface area contributed by atoms with Crippen molar-refractivity contribution in [3.05, 3.63) is 11.4 Å². The van der Waals surface area contributed by atoms with E-state index in [9.17, 15) is 13.7 Å². The van der Waals surface area contributed by atoms with Crippen LogP contribution in [0.3, 0.4) is 0 Å². The Hall–Kier alpha value is 0.330. The average molecular weight is 509 g/mol. The van der Waals surface area contributed by atoms with Crippen molar-refractivity contribution < 1.29 is 45.8 Å². The van der Waals surface area contributed by atoms with Crippen LogP contribution in [-0.2, 0) is 55.7 Å². The summed E-state index contributed by atoms with van der Waals surface area (Å²) in [6.45, 7) is 1.62. The van der Waals surface area contributed by atoms with Crippen molar-refractivity contribution in [2.75, 3.05) is 26.4 Å². The second-order valence-corrected chi connectivity index (χ2v) is 12.8. The van der Waals surface area contributed by atoms with E-state index in [-0.39, 0.29) is 26.4 Å². The number of ether oxygens (including phenoxy) is 2. The molecule has 3 rings (SSSR count). The van der Waals surface area contributed by atoms with Crippen molar-refractivity contribution in [2.24, 2.45) is 0 Å². The molecule has 3 saturated heterocycles. The van der Waals surface area contributed by atoms with Crippen LogP contribution in [0.15, 0.2) is 0 Å². The molecule has 2 unspecified atom stereocenters. The average Bonchev–Trinajstić information content (AvgIpc) is 3.09. The minimum Gasteiger partial charge on any atom is -0.367 e. The molecule has 1 N–H and O–H groups in total. The smallest absolute Gasteiger partial charge is 0.327 e. The van der Waals surface area contributed by atoms with Crippen LogP contribution in [0.1, 0.15) is 13.8 Å². The van der Waals surface area contributed by atoms with Crippen molar-refractivity contribution in [1.29, 1.82) is 0 Å². The van der Waals surface area contributed by atoms with Crippen LogP contribution in [-0.4, -0.2) is 80.2 Å². The summed E-state index contributed by atoms with van der Waals surface area (Å²) >= 11 is 10.4. The summed E-state index contributed by atoms with van der Waals surface area (Å²) in [5.74, 6) is 0. The van der Waals surface area contributed by atoms with Gasteiger partial charge < -0.3 is 32.8 Å². The van der Waals surface area contributed by atoms with Crippen molar-refractivity contribution in [3.63, 3.8) is 0 Å². The Morgan fingerprint density at radius 2 is 1.57 bits per heavy atom. The first-order valence-corrected chi connectivity index (χ1v) is 14.4. The summed E-state index contributed by atoms with van der Waals surface area (Å²) in [7, 11) is 0. The van der Waals surface area contributed by atoms with Gasteiger partial charge in [-0.3, -0.25) is 9.05 Å². The van der Waals surface area contributed by atoms with Gasteiger partial charge in [0.25, 0.3) is 0 Å². The highest BCUT2D eigenvalue weighted by Crippen LogP contribution is 2.55. The Morgan fingerprint density at radius 3 is 2.13 bits per heavy atom. The third kappa shape index (κ3) is 5.81. The molecule has 0 radical (unpaired) electrons. The first kappa shape index (κ1) is 25.0. The molecule has 3 aliphatic rings. The van der Waals surface area contributed by atoms with Gasteiger partial charge in [0.15, 0.2) is 12.3 Å². The SMILES string of the molecule is [C-]#[N+]CCOP1(=S)OC[C@H]2O[C@@H](C)[C@H](F)[C@@H]2OP(O)(=S)OC[C@H]2O[C@@H](C)[C@H](F)[C@@H]2O1. The molecule has 9 nitrogen and oxygen atoms in total. The Kier molecular flexibility index (Phi) is 8.39. The van der Waals surface area contributed by atoms with E-state index in [2.05, 4.69) is 4.85 Å². The van der Waals surface area contributed by atoms with E-state index in [0.717, 1.165) is 0 Å². The van der Waals surface area contributed by atoms with E-state index >= 15 is 0 Å². The maximum atomic E-state index is 14.7. The molecular formula is C15H23F2NO8P2S2. The Morgan fingerprint density at radius 1 is 1.03 bits per heavy atom. The summed E-state index contributed by atoms with van der Waals surface area (Å²) in [5.41, 5.74) is 0. The lowest BCUT2D eigenvalue weighted by Crippen LogP contribution is -2.37. The lowest BCUT2D eigenvalue weighted by atomic mass is 10.1. The Labute approximate surface area is 183 Å². The lowest BCUT2D eigenvalue weighted by molar-refractivity contribution is -0.0409. The zero-order valence-electron chi connectivity index (χ0n) is 16.2. The van der Waals surface area contributed by atoms with Crippen LogP contribution in [0, 0.1) is 6.57 Å². The lowest BCUT2D eigenvalue weighted by Gasteiger charge is -2.31. The van der Waals surface area contributed by atoms with E-state index < -0.39 is 62.4 Å². The molecule has 0 bridgehead atoms. The number of alkyl halides is 2. The summed E-state index contributed by atoms with van der Waals surface area (Å²) in [6.07, 6.45) is -9.36. The molecule has 0 aromatic heterocycles. The largest absolute Gasteiger partial charge is 0.367 e. The molecule has 0 aromatic rings. The standard InChI is InChI=1S/C15H23F2NO8P2S2/c1-8-12(16)14-11(24-8)7-22-28(30,20-5-4-18-3)26-15-10(23-9(2)13(15)17)6-21-27(19,29)25-14/h8-15H,4-7H2,1-2H3,(H,19,29)/t8-,9-,10+,11+,12-,13-,14+,15+,27?,28?/m0/s1. The van der Waals surface area contributed by atoms with E-state index in [0.29, 0.717) is 0 Å². The van der Waals surface area contributed by atoms with Crippen molar-refractivity contribution >= 4 is 37.1 Å². The van der Waals surface area contributed by atoms with Crippen LogP contribution in [0.25, 0.3) is 4.85 Å². The zero-order valence-corrected chi connectivity index (χ0v) is 19.6. The van der Waals surface area contributed by atoms with Gasteiger partial charge in [-0.15, -0.1) is 0 Å². The highest BCUT2D eigenvalue weighted by atomic mass is 32.5. The Balaban J connectivity index is 1.87.